The van der Waals surface area contributed by atoms with Crippen LogP contribution in [0.5, 0.6) is 0 Å². The van der Waals surface area contributed by atoms with Crippen LogP contribution in [-0.4, -0.2) is 11.8 Å². The van der Waals surface area contributed by atoms with Gasteiger partial charge in [0.05, 0.1) is 0 Å². The monoisotopic (exact) mass is 277 g/mol. The molecule has 2 aliphatic rings. The smallest absolute Gasteiger partial charge is 0.165 e. The molecule has 0 heterocycles. The van der Waals surface area contributed by atoms with Crippen LogP contribution >= 0.6 is 0 Å². The molecular formula is C17H25O3-. The molecule has 0 spiro atoms. The van der Waals surface area contributed by atoms with Crippen LogP contribution in [0.3, 0.4) is 0 Å². The third kappa shape index (κ3) is 2.02. The molecule has 20 heavy (non-hydrogen) atoms. The molecule has 112 valence electrons. The van der Waals surface area contributed by atoms with Crippen LogP contribution in [-0.2, 0) is 9.59 Å². The van der Waals surface area contributed by atoms with Crippen molar-refractivity contribution in [2.24, 2.45) is 22.7 Å². The molecule has 0 aromatic heterocycles. The van der Waals surface area contributed by atoms with Gasteiger partial charge < -0.3 is 9.90 Å². The molecule has 0 amide bonds. The largest absolute Gasteiger partial charge is 0.550 e. The molecular weight excluding hydrogens is 252 g/mol. The average molecular weight is 277 g/mol. The third-order valence-corrected chi connectivity index (χ3v) is 5.92. The average Bonchev–Trinajstić information content (AvgIpc) is 2.67. The van der Waals surface area contributed by atoms with Gasteiger partial charge in [-0.15, -0.1) is 0 Å². The minimum absolute atomic E-state index is 0.0584. The zero-order valence-electron chi connectivity index (χ0n) is 13.0. The van der Waals surface area contributed by atoms with E-state index in [1.807, 2.05) is 13.8 Å². The first-order chi connectivity index (χ1) is 9.25. The number of carboxylic acid groups (broad SMARTS) is 1. The van der Waals surface area contributed by atoms with Gasteiger partial charge >= 0.3 is 0 Å². The molecule has 3 heteroatoms. The second kappa shape index (κ2) is 5.01. The molecule has 0 saturated heterocycles. The lowest BCUT2D eigenvalue weighted by molar-refractivity contribution is -0.309. The fraction of sp³-hybridized carbons (Fsp3) is 0.765. The number of Topliss-reactive ketones (excluding diaryl/α,β-unsaturated/α-hetero) is 1. The lowest BCUT2D eigenvalue weighted by atomic mass is 9.70. The van der Waals surface area contributed by atoms with Crippen LogP contribution in [0.1, 0.15) is 59.8 Å². The molecule has 0 radical (unpaired) electrons. The number of fused-ring (bicyclic) bond motifs is 2. The van der Waals surface area contributed by atoms with Crippen molar-refractivity contribution in [2.45, 2.75) is 59.8 Å². The second-order valence-electron chi connectivity index (χ2n) is 7.16. The zero-order chi connectivity index (χ0) is 15.1. The minimum Gasteiger partial charge on any atom is -0.550 e. The summed E-state index contributed by atoms with van der Waals surface area (Å²) in [5.74, 6) is -1.29. The SMILES string of the molecule is CCCC[C@H](/C=C1/C(=O)[C@]2(C)CC[C@H]1C2(C)C)C(=O)[O-]. The number of rotatable bonds is 5. The molecule has 2 rings (SSSR count). The summed E-state index contributed by atoms with van der Waals surface area (Å²) in [6, 6.07) is 0. The van der Waals surface area contributed by atoms with Gasteiger partial charge in [-0.1, -0.05) is 46.6 Å². The fourth-order valence-corrected chi connectivity index (χ4v) is 4.03. The van der Waals surface area contributed by atoms with E-state index >= 15 is 0 Å². The van der Waals surface area contributed by atoms with Crippen molar-refractivity contribution in [1.82, 2.24) is 0 Å². The summed E-state index contributed by atoms with van der Waals surface area (Å²) in [5, 5.41) is 11.3. The Morgan fingerprint density at radius 1 is 1.45 bits per heavy atom. The molecule has 0 aliphatic heterocycles. The molecule has 0 unspecified atom stereocenters. The van der Waals surface area contributed by atoms with E-state index in [1.54, 1.807) is 6.08 Å². The van der Waals surface area contributed by atoms with Crippen LogP contribution in [0.2, 0.25) is 0 Å². The second-order valence-corrected chi connectivity index (χ2v) is 7.16. The Morgan fingerprint density at radius 3 is 2.55 bits per heavy atom. The zero-order valence-corrected chi connectivity index (χ0v) is 13.0. The lowest BCUT2D eigenvalue weighted by Crippen LogP contribution is -2.33. The van der Waals surface area contributed by atoms with Gasteiger partial charge in [0.25, 0.3) is 0 Å². The number of carbonyl (C=O) groups is 2. The summed E-state index contributed by atoms with van der Waals surface area (Å²) >= 11 is 0. The third-order valence-electron chi connectivity index (χ3n) is 5.92. The molecule has 2 saturated carbocycles. The highest BCUT2D eigenvalue weighted by Gasteiger charge is 2.63. The highest BCUT2D eigenvalue weighted by Crippen LogP contribution is 2.65. The van der Waals surface area contributed by atoms with Crippen LogP contribution in [0.25, 0.3) is 0 Å². The summed E-state index contributed by atoms with van der Waals surface area (Å²) < 4.78 is 0. The highest BCUT2D eigenvalue weighted by molar-refractivity contribution is 6.05. The van der Waals surface area contributed by atoms with Crippen LogP contribution in [0.15, 0.2) is 11.6 Å². The number of hydrogen-bond donors (Lipinski definition) is 0. The van der Waals surface area contributed by atoms with Gasteiger partial charge in [-0.2, -0.15) is 0 Å². The summed E-state index contributed by atoms with van der Waals surface area (Å²) in [4.78, 5) is 23.9. The predicted molar refractivity (Wildman–Crippen MR) is 75.7 cm³/mol. The molecule has 2 aliphatic carbocycles. The van der Waals surface area contributed by atoms with Crippen molar-refractivity contribution in [3.05, 3.63) is 11.6 Å². The Labute approximate surface area is 121 Å². The molecule has 0 N–H and O–H groups in total. The van der Waals surface area contributed by atoms with Crippen LogP contribution < -0.4 is 5.11 Å². The lowest BCUT2D eigenvalue weighted by Gasteiger charge is -2.31. The van der Waals surface area contributed by atoms with Crippen LogP contribution in [0.4, 0.5) is 0 Å². The number of allylic oxidation sites excluding steroid dienone is 1. The van der Waals surface area contributed by atoms with Gasteiger partial charge in [-0.3, -0.25) is 4.79 Å². The van der Waals surface area contributed by atoms with E-state index in [0.717, 1.165) is 31.3 Å². The van der Waals surface area contributed by atoms with Gasteiger partial charge in [0, 0.05) is 17.3 Å². The number of carboxylic acids is 1. The summed E-state index contributed by atoms with van der Waals surface area (Å²) in [6.07, 6.45) is 6.00. The standard InChI is InChI=1S/C17H26O3/c1-5-6-7-11(15(19)20)10-12-13-8-9-17(4,14(12)18)16(13,2)3/h10-11,13H,5-9H2,1-4H3,(H,19,20)/p-1/b12-10+/t11-,13-,17+/m1/s1. The first kappa shape index (κ1) is 15.3. The van der Waals surface area contributed by atoms with Gasteiger partial charge in [0.1, 0.15) is 0 Å². The normalized spacial score (nSPS) is 34.7. The van der Waals surface area contributed by atoms with E-state index in [-0.39, 0.29) is 22.5 Å². The van der Waals surface area contributed by atoms with Crippen molar-refractivity contribution in [2.75, 3.05) is 0 Å². The molecule has 2 fully saturated rings. The minimum atomic E-state index is -1.05. The van der Waals surface area contributed by atoms with Crippen molar-refractivity contribution in [1.29, 1.82) is 0 Å². The first-order valence-corrected chi connectivity index (χ1v) is 7.73. The number of ketones is 1. The van der Waals surface area contributed by atoms with Gasteiger partial charge in [-0.05, 0) is 36.2 Å². The van der Waals surface area contributed by atoms with E-state index in [9.17, 15) is 14.7 Å². The Morgan fingerprint density at radius 2 is 2.10 bits per heavy atom. The Hall–Kier alpha value is -1.12. The Bertz CT molecular complexity index is 461. The number of carbonyl (C=O) groups excluding carboxylic acids is 2. The maximum Gasteiger partial charge on any atom is 0.165 e. The van der Waals surface area contributed by atoms with Crippen molar-refractivity contribution in [3.63, 3.8) is 0 Å². The van der Waals surface area contributed by atoms with Crippen molar-refractivity contribution in [3.8, 4) is 0 Å². The molecule has 0 aromatic rings. The van der Waals surface area contributed by atoms with Crippen LogP contribution in [0, 0.1) is 22.7 Å². The van der Waals surface area contributed by atoms with Gasteiger partial charge in [0.15, 0.2) is 5.78 Å². The van der Waals surface area contributed by atoms with Gasteiger partial charge in [0.2, 0.25) is 0 Å². The molecule has 0 aromatic carbocycles. The first-order valence-electron chi connectivity index (χ1n) is 7.73. The maximum absolute atomic E-state index is 12.7. The summed E-state index contributed by atoms with van der Waals surface area (Å²) in [7, 11) is 0. The van der Waals surface area contributed by atoms with E-state index in [2.05, 4.69) is 13.8 Å². The Kier molecular flexibility index (Phi) is 3.83. The number of hydrogen-bond acceptors (Lipinski definition) is 3. The van der Waals surface area contributed by atoms with E-state index in [1.165, 1.54) is 0 Å². The van der Waals surface area contributed by atoms with Crippen molar-refractivity contribution >= 4 is 11.8 Å². The van der Waals surface area contributed by atoms with Crippen molar-refractivity contribution < 1.29 is 14.7 Å². The number of unbranched alkanes of at least 4 members (excludes halogenated alkanes) is 1. The molecule has 3 nitrogen and oxygen atoms in total. The van der Waals surface area contributed by atoms with E-state index < -0.39 is 11.9 Å². The quantitative estimate of drug-likeness (QED) is 0.725. The Balaban J connectivity index is 2.31. The predicted octanol–water partition coefficient (Wildman–Crippen LogP) is 2.49. The fourth-order valence-electron chi connectivity index (χ4n) is 4.03. The molecule has 2 bridgehead atoms. The summed E-state index contributed by atoms with van der Waals surface area (Å²) in [5.41, 5.74) is 0.385. The van der Waals surface area contributed by atoms with Gasteiger partial charge in [-0.25, -0.2) is 0 Å². The number of aliphatic carboxylic acids is 1. The van der Waals surface area contributed by atoms with E-state index in [4.69, 9.17) is 0 Å². The summed E-state index contributed by atoms with van der Waals surface area (Å²) in [6.45, 7) is 8.36. The topological polar surface area (TPSA) is 57.2 Å². The highest BCUT2D eigenvalue weighted by atomic mass is 16.4. The maximum atomic E-state index is 12.7. The van der Waals surface area contributed by atoms with E-state index in [0.29, 0.717) is 6.42 Å². The molecule has 3 atom stereocenters.